The minimum atomic E-state index is -0.429. The molecule has 2 aromatic heterocycles. The van der Waals surface area contributed by atoms with Gasteiger partial charge in [-0.05, 0) is 30.2 Å². The molecular formula is C22H27N7O3. The molecule has 0 saturated carbocycles. The van der Waals surface area contributed by atoms with E-state index in [0.717, 1.165) is 12.0 Å². The van der Waals surface area contributed by atoms with Crippen LogP contribution in [0.2, 0.25) is 0 Å². The third-order valence-electron chi connectivity index (χ3n) is 5.56. The number of ether oxygens (including phenoxy) is 1. The van der Waals surface area contributed by atoms with Crippen LogP contribution < -0.4 is 10.6 Å². The summed E-state index contributed by atoms with van der Waals surface area (Å²) in [4.78, 5) is 27.6. The molecule has 168 valence electrons. The van der Waals surface area contributed by atoms with Crippen molar-refractivity contribution in [1.82, 2.24) is 35.4 Å². The fraction of sp³-hybridized carbons (Fsp3) is 0.409. The number of carbonyl (C=O) groups excluding carboxylic acids is 2. The fourth-order valence-electron chi connectivity index (χ4n) is 3.86. The Labute approximate surface area is 185 Å². The molecule has 0 spiro atoms. The molecule has 4 rings (SSSR count). The van der Waals surface area contributed by atoms with E-state index in [4.69, 9.17) is 4.74 Å². The first-order valence-corrected chi connectivity index (χ1v) is 10.7. The number of amides is 2. The van der Waals surface area contributed by atoms with E-state index in [1.54, 1.807) is 20.0 Å². The lowest BCUT2D eigenvalue weighted by atomic mass is 10.0. The molecule has 0 radical (unpaired) electrons. The van der Waals surface area contributed by atoms with Gasteiger partial charge in [-0.2, -0.15) is 4.80 Å². The van der Waals surface area contributed by atoms with E-state index in [0.29, 0.717) is 35.9 Å². The van der Waals surface area contributed by atoms with Gasteiger partial charge in [-0.25, -0.2) is 0 Å². The smallest absolute Gasteiger partial charge is 0.268 e. The van der Waals surface area contributed by atoms with Gasteiger partial charge in [0.15, 0.2) is 5.82 Å². The quantitative estimate of drug-likeness (QED) is 0.583. The number of nitrogens with one attached hydrogen (secondary N) is 2. The van der Waals surface area contributed by atoms with Crippen molar-refractivity contribution < 1.29 is 14.3 Å². The number of carbonyl (C=O) groups is 2. The molecule has 10 nitrogen and oxygen atoms in total. The van der Waals surface area contributed by atoms with Crippen molar-refractivity contribution >= 4 is 11.8 Å². The molecule has 0 fully saturated rings. The summed E-state index contributed by atoms with van der Waals surface area (Å²) < 4.78 is 7.44. The number of nitrogens with zero attached hydrogens (tertiary/aromatic N) is 5. The minimum absolute atomic E-state index is 0.121. The second-order valence-corrected chi connectivity index (χ2v) is 7.77. The highest BCUT2D eigenvalue weighted by Crippen LogP contribution is 2.24. The van der Waals surface area contributed by atoms with Crippen LogP contribution >= 0.6 is 0 Å². The third-order valence-corrected chi connectivity index (χ3v) is 5.56. The van der Waals surface area contributed by atoms with Crippen molar-refractivity contribution in [3.63, 3.8) is 0 Å². The van der Waals surface area contributed by atoms with Gasteiger partial charge < -0.3 is 19.9 Å². The summed E-state index contributed by atoms with van der Waals surface area (Å²) in [5, 5.41) is 17.9. The van der Waals surface area contributed by atoms with Crippen molar-refractivity contribution in [1.29, 1.82) is 0 Å². The van der Waals surface area contributed by atoms with Gasteiger partial charge in [-0.1, -0.05) is 37.3 Å². The van der Waals surface area contributed by atoms with E-state index in [-0.39, 0.29) is 24.5 Å². The Morgan fingerprint density at radius 2 is 1.97 bits per heavy atom. The first kappa shape index (κ1) is 21.7. The van der Waals surface area contributed by atoms with Crippen molar-refractivity contribution in [3.05, 3.63) is 64.7 Å². The second-order valence-electron chi connectivity index (χ2n) is 7.77. The zero-order valence-electron chi connectivity index (χ0n) is 18.4. The molecule has 3 heterocycles. The van der Waals surface area contributed by atoms with Crippen molar-refractivity contribution in [2.45, 2.75) is 45.5 Å². The molecular weight excluding hydrogens is 410 g/mol. The topological polar surface area (TPSA) is 116 Å². The third kappa shape index (κ3) is 4.40. The summed E-state index contributed by atoms with van der Waals surface area (Å²) in [6.07, 6.45) is 0.748. The summed E-state index contributed by atoms with van der Waals surface area (Å²) in [6.45, 7) is 5.07. The normalized spacial score (nSPS) is 15.0. The number of fused-ring (bicyclic) bond motifs is 1. The zero-order chi connectivity index (χ0) is 22.7. The number of rotatable bonds is 7. The minimum Gasteiger partial charge on any atom is -0.373 e. The predicted molar refractivity (Wildman–Crippen MR) is 116 cm³/mol. The Hall–Kier alpha value is -3.53. The second kappa shape index (κ2) is 9.31. The summed E-state index contributed by atoms with van der Waals surface area (Å²) >= 11 is 0. The van der Waals surface area contributed by atoms with E-state index in [2.05, 4.69) is 26.0 Å². The molecule has 3 aromatic rings. The van der Waals surface area contributed by atoms with Gasteiger partial charge in [-0.3, -0.25) is 9.59 Å². The average Bonchev–Trinajstić information content (AvgIpc) is 3.42. The van der Waals surface area contributed by atoms with Crippen LogP contribution in [0.1, 0.15) is 70.3 Å². The van der Waals surface area contributed by atoms with Gasteiger partial charge in [0.25, 0.3) is 11.8 Å². The molecule has 2 atom stereocenters. The summed E-state index contributed by atoms with van der Waals surface area (Å²) in [5.74, 6) is -0.110. The highest BCUT2D eigenvalue weighted by Gasteiger charge is 2.28. The number of benzene rings is 1. The molecule has 0 aliphatic carbocycles. The summed E-state index contributed by atoms with van der Waals surface area (Å²) in [5.41, 5.74) is 2.61. The number of tetrazole rings is 1. The molecule has 2 unspecified atom stereocenters. The first-order valence-electron chi connectivity index (χ1n) is 10.7. The van der Waals surface area contributed by atoms with Crippen LogP contribution in [0.3, 0.4) is 0 Å². The van der Waals surface area contributed by atoms with Gasteiger partial charge >= 0.3 is 0 Å². The molecule has 10 heteroatoms. The highest BCUT2D eigenvalue weighted by molar-refractivity contribution is 6.01. The molecule has 2 amide bonds. The average molecular weight is 438 g/mol. The number of aryl methyl sites for hydroxylation is 1. The van der Waals surface area contributed by atoms with Crippen LogP contribution in [-0.2, 0) is 24.9 Å². The van der Waals surface area contributed by atoms with Crippen LogP contribution in [0.5, 0.6) is 0 Å². The molecule has 32 heavy (non-hydrogen) atoms. The van der Waals surface area contributed by atoms with E-state index in [1.165, 1.54) is 4.80 Å². The van der Waals surface area contributed by atoms with E-state index >= 15 is 0 Å². The lowest BCUT2D eigenvalue weighted by Gasteiger charge is -2.21. The zero-order valence-corrected chi connectivity index (χ0v) is 18.4. The largest absolute Gasteiger partial charge is 0.373 e. The number of hydrogen-bond acceptors (Lipinski definition) is 6. The molecule has 1 aliphatic rings. The highest BCUT2D eigenvalue weighted by atomic mass is 16.5. The maximum Gasteiger partial charge on any atom is 0.268 e. The maximum absolute atomic E-state index is 13.2. The van der Waals surface area contributed by atoms with E-state index < -0.39 is 6.04 Å². The maximum atomic E-state index is 13.2. The van der Waals surface area contributed by atoms with E-state index in [1.807, 2.05) is 41.8 Å². The van der Waals surface area contributed by atoms with Crippen LogP contribution in [0.15, 0.2) is 36.4 Å². The standard InChI is InChI=1S/C22H27N7O3/c1-4-17(15-8-6-5-7-9-15)24-21(30)16-12-18(29-10-11-32-13-19(16)29)22(31)23-14(2)20-25-27-28(3)26-20/h5-9,12,14,17H,4,10-11,13H2,1-3H3,(H,23,31)(H,24,30). The Morgan fingerprint density at radius 3 is 2.66 bits per heavy atom. The molecule has 2 N–H and O–H groups in total. The van der Waals surface area contributed by atoms with Crippen LogP contribution in [0.4, 0.5) is 0 Å². The van der Waals surface area contributed by atoms with Gasteiger partial charge in [0, 0.05) is 6.54 Å². The molecule has 0 saturated heterocycles. The van der Waals surface area contributed by atoms with Crippen LogP contribution in [0.25, 0.3) is 0 Å². The SMILES string of the molecule is CCC(NC(=O)c1cc(C(=O)NC(C)c2nnn(C)n2)n2c1COCC2)c1ccccc1. The van der Waals surface area contributed by atoms with Crippen LogP contribution in [-0.4, -0.2) is 43.2 Å². The lowest BCUT2D eigenvalue weighted by Crippen LogP contribution is -2.31. The Bertz CT molecular complexity index is 1110. The number of hydrogen-bond donors (Lipinski definition) is 2. The van der Waals surface area contributed by atoms with Crippen LogP contribution in [0, 0.1) is 0 Å². The monoisotopic (exact) mass is 437 g/mol. The van der Waals surface area contributed by atoms with Crippen molar-refractivity contribution in [2.75, 3.05) is 6.61 Å². The fourth-order valence-corrected chi connectivity index (χ4v) is 3.86. The van der Waals surface area contributed by atoms with Gasteiger partial charge in [0.05, 0.1) is 43.6 Å². The van der Waals surface area contributed by atoms with Gasteiger partial charge in [-0.15, -0.1) is 10.2 Å². The lowest BCUT2D eigenvalue weighted by molar-refractivity contribution is 0.0774. The predicted octanol–water partition coefficient (Wildman–Crippen LogP) is 1.91. The molecule has 1 aliphatic heterocycles. The Kier molecular flexibility index (Phi) is 6.31. The Morgan fingerprint density at radius 1 is 1.19 bits per heavy atom. The van der Waals surface area contributed by atoms with Gasteiger partial charge in [0.1, 0.15) is 5.69 Å². The van der Waals surface area contributed by atoms with E-state index in [9.17, 15) is 9.59 Å². The first-order chi connectivity index (χ1) is 15.5. The molecule has 0 bridgehead atoms. The van der Waals surface area contributed by atoms with Gasteiger partial charge in [0.2, 0.25) is 0 Å². The summed E-state index contributed by atoms with van der Waals surface area (Å²) in [7, 11) is 1.67. The molecule has 1 aromatic carbocycles. The Balaban J connectivity index is 1.57. The number of aromatic nitrogens is 5. The van der Waals surface area contributed by atoms with Crippen molar-refractivity contribution in [3.8, 4) is 0 Å². The summed E-state index contributed by atoms with van der Waals surface area (Å²) in [6, 6.07) is 10.9. The van der Waals surface area contributed by atoms with Crippen molar-refractivity contribution in [2.24, 2.45) is 7.05 Å².